The van der Waals surface area contributed by atoms with E-state index in [1.165, 1.54) is 12.1 Å². The zero-order valence-corrected chi connectivity index (χ0v) is 7.25. The number of aromatic amines is 1. The Labute approximate surface area is 73.8 Å². The number of hydrogen-bond donors (Lipinski definition) is 2. The van der Waals surface area contributed by atoms with Crippen LogP contribution in [-0.4, -0.2) is 23.8 Å². The summed E-state index contributed by atoms with van der Waals surface area (Å²) in [7, 11) is -3.65. The zero-order chi connectivity index (χ0) is 9.47. The molecule has 1 aromatic heterocycles. The molecule has 0 unspecified atom stereocenters. The van der Waals surface area contributed by atoms with Crippen molar-refractivity contribution in [3.63, 3.8) is 0 Å². The first-order valence-electron chi connectivity index (χ1n) is 3.41. The predicted octanol–water partition coefficient (Wildman–Crippen LogP) is -0.395. The summed E-state index contributed by atoms with van der Waals surface area (Å²) in [4.78, 5) is 0.0360. The third-order valence-electron chi connectivity index (χ3n) is 1.63. The summed E-state index contributed by atoms with van der Waals surface area (Å²) in [6.07, 6.45) is 0. The summed E-state index contributed by atoms with van der Waals surface area (Å²) in [5, 5.41) is 14.7. The lowest BCUT2D eigenvalue weighted by Crippen LogP contribution is -2.11. The van der Waals surface area contributed by atoms with Crippen molar-refractivity contribution in [2.45, 2.75) is 4.90 Å². The number of hydrogen-bond acceptors (Lipinski definition) is 4. The number of aromatic nitrogens is 3. The number of benzene rings is 1. The predicted molar refractivity (Wildman–Crippen MR) is 45.3 cm³/mol. The molecular weight excluding hydrogens is 192 g/mol. The molecule has 7 heteroatoms. The van der Waals surface area contributed by atoms with Crippen molar-refractivity contribution >= 4 is 21.1 Å². The molecule has 0 spiro atoms. The highest BCUT2D eigenvalue weighted by Crippen LogP contribution is 2.13. The van der Waals surface area contributed by atoms with E-state index < -0.39 is 10.0 Å². The van der Waals surface area contributed by atoms with Crippen LogP contribution in [-0.2, 0) is 10.0 Å². The van der Waals surface area contributed by atoms with Gasteiger partial charge in [0.1, 0.15) is 5.52 Å². The van der Waals surface area contributed by atoms with Gasteiger partial charge in [-0.3, -0.25) is 5.10 Å². The average Bonchev–Trinajstić information content (AvgIpc) is 2.47. The molecule has 0 aliphatic rings. The van der Waals surface area contributed by atoms with Gasteiger partial charge < -0.3 is 0 Å². The van der Waals surface area contributed by atoms with E-state index >= 15 is 0 Å². The minimum atomic E-state index is -3.65. The third-order valence-corrected chi connectivity index (χ3v) is 2.54. The molecule has 0 atom stereocenters. The number of primary sulfonamides is 1. The van der Waals surface area contributed by atoms with E-state index in [1.807, 2.05) is 0 Å². The second-order valence-electron chi connectivity index (χ2n) is 2.54. The minimum Gasteiger partial charge on any atom is -0.258 e. The molecule has 0 aliphatic carbocycles. The maximum atomic E-state index is 10.9. The Morgan fingerprint density at radius 3 is 2.85 bits per heavy atom. The highest BCUT2D eigenvalue weighted by Gasteiger charge is 2.08. The molecule has 0 radical (unpaired) electrons. The maximum Gasteiger partial charge on any atom is 0.238 e. The molecule has 1 heterocycles. The van der Waals surface area contributed by atoms with Gasteiger partial charge in [0.05, 0.1) is 10.4 Å². The van der Waals surface area contributed by atoms with Crippen LogP contribution in [0.2, 0.25) is 0 Å². The molecule has 6 nitrogen and oxygen atoms in total. The number of sulfonamides is 1. The summed E-state index contributed by atoms with van der Waals surface area (Å²) < 4.78 is 21.8. The minimum absolute atomic E-state index is 0.0360. The quantitative estimate of drug-likeness (QED) is 0.651. The van der Waals surface area contributed by atoms with Gasteiger partial charge in [-0.15, -0.1) is 5.10 Å². The summed E-state index contributed by atoms with van der Waals surface area (Å²) in [5.41, 5.74) is 1.15. The fourth-order valence-electron chi connectivity index (χ4n) is 0.998. The molecule has 0 fully saturated rings. The van der Waals surface area contributed by atoms with Crippen LogP contribution in [0, 0.1) is 0 Å². The first-order valence-corrected chi connectivity index (χ1v) is 4.95. The molecule has 0 saturated carbocycles. The molecule has 2 rings (SSSR count). The third kappa shape index (κ3) is 1.38. The molecule has 3 N–H and O–H groups in total. The SMILES string of the molecule is NS(=O)(=O)c1ccc2[nH]nnc2c1. The van der Waals surface area contributed by atoms with E-state index in [0.29, 0.717) is 11.0 Å². The number of fused-ring (bicyclic) bond motifs is 1. The summed E-state index contributed by atoms with van der Waals surface area (Å²) >= 11 is 0. The summed E-state index contributed by atoms with van der Waals surface area (Å²) in [5.74, 6) is 0. The van der Waals surface area contributed by atoms with Gasteiger partial charge >= 0.3 is 0 Å². The van der Waals surface area contributed by atoms with Crippen LogP contribution in [0.15, 0.2) is 23.1 Å². The normalized spacial score (nSPS) is 12.1. The van der Waals surface area contributed by atoms with Gasteiger partial charge in [0, 0.05) is 0 Å². The van der Waals surface area contributed by atoms with E-state index in [4.69, 9.17) is 5.14 Å². The summed E-state index contributed by atoms with van der Waals surface area (Å²) in [6, 6.07) is 4.33. The first-order chi connectivity index (χ1) is 6.07. The van der Waals surface area contributed by atoms with Crippen LogP contribution >= 0.6 is 0 Å². The fraction of sp³-hybridized carbons (Fsp3) is 0. The van der Waals surface area contributed by atoms with Crippen molar-refractivity contribution in [3.8, 4) is 0 Å². The number of nitrogens with one attached hydrogen (secondary N) is 1. The van der Waals surface area contributed by atoms with E-state index in [0.717, 1.165) is 0 Å². The van der Waals surface area contributed by atoms with Crippen molar-refractivity contribution in [1.29, 1.82) is 0 Å². The molecular formula is C6H6N4O2S. The van der Waals surface area contributed by atoms with Crippen LogP contribution in [0.4, 0.5) is 0 Å². The van der Waals surface area contributed by atoms with Crippen LogP contribution in [0.25, 0.3) is 11.0 Å². The molecule has 2 aromatic rings. The first kappa shape index (κ1) is 8.14. The lowest BCUT2D eigenvalue weighted by Gasteiger charge is -1.95. The Kier molecular flexibility index (Phi) is 1.57. The number of nitrogens with zero attached hydrogens (tertiary/aromatic N) is 2. The van der Waals surface area contributed by atoms with Crippen LogP contribution < -0.4 is 5.14 Å². The second-order valence-corrected chi connectivity index (χ2v) is 4.10. The monoisotopic (exact) mass is 198 g/mol. The van der Waals surface area contributed by atoms with Gasteiger partial charge in [-0.2, -0.15) is 0 Å². The summed E-state index contributed by atoms with van der Waals surface area (Å²) in [6.45, 7) is 0. The van der Waals surface area contributed by atoms with Crippen LogP contribution in [0.3, 0.4) is 0 Å². The molecule has 1 aromatic carbocycles. The lowest BCUT2D eigenvalue weighted by molar-refractivity contribution is 0.598. The highest BCUT2D eigenvalue weighted by atomic mass is 32.2. The van der Waals surface area contributed by atoms with Gasteiger partial charge in [0.25, 0.3) is 0 Å². The van der Waals surface area contributed by atoms with Crippen molar-refractivity contribution in [2.75, 3.05) is 0 Å². The Balaban J connectivity index is 2.75. The van der Waals surface area contributed by atoms with Crippen molar-refractivity contribution < 1.29 is 8.42 Å². The zero-order valence-electron chi connectivity index (χ0n) is 6.43. The molecule has 0 aliphatic heterocycles. The van der Waals surface area contributed by atoms with Crippen LogP contribution in [0.1, 0.15) is 0 Å². The Morgan fingerprint density at radius 1 is 1.38 bits per heavy atom. The lowest BCUT2D eigenvalue weighted by atomic mass is 10.3. The molecule has 0 bridgehead atoms. The van der Waals surface area contributed by atoms with Gasteiger partial charge in [-0.1, -0.05) is 5.21 Å². The Hall–Kier alpha value is -1.47. The standard InChI is InChI=1S/C6H6N4O2S/c7-13(11,12)4-1-2-5-6(3-4)9-10-8-5/h1-3H,(H2,7,11,12)(H,8,9,10). The van der Waals surface area contributed by atoms with E-state index in [9.17, 15) is 8.42 Å². The Morgan fingerprint density at radius 2 is 2.15 bits per heavy atom. The number of rotatable bonds is 1. The number of H-pyrrole nitrogens is 1. The van der Waals surface area contributed by atoms with E-state index in [-0.39, 0.29) is 4.90 Å². The second kappa shape index (κ2) is 2.51. The van der Waals surface area contributed by atoms with E-state index in [1.54, 1.807) is 6.07 Å². The van der Waals surface area contributed by atoms with E-state index in [2.05, 4.69) is 15.4 Å². The number of nitrogens with two attached hydrogens (primary N) is 1. The Bertz CT molecular complexity index is 545. The van der Waals surface area contributed by atoms with Crippen molar-refractivity contribution in [1.82, 2.24) is 15.4 Å². The van der Waals surface area contributed by atoms with Gasteiger partial charge in [-0.25, -0.2) is 13.6 Å². The molecule has 0 saturated heterocycles. The largest absolute Gasteiger partial charge is 0.258 e. The van der Waals surface area contributed by atoms with Crippen molar-refractivity contribution in [2.24, 2.45) is 5.14 Å². The van der Waals surface area contributed by atoms with Gasteiger partial charge in [0.2, 0.25) is 10.0 Å². The maximum absolute atomic E-state index is 10.9. The topological polar surface area (TPSA) is 102 Å². The molecule has 0 amide bonds. The van der Waals surface area contributed by atoms with Crippen LogP contribution in [0.5, 0.6) is 0 Å². The molecule has 13 heavy (non-hydrogen) atoms. The van der Waals surface area contributed by atoms with Gasteiger partial charge in [-0.05, 0) is 18.2 Å². The molecule has 68 valence electrons. The average molecular weight is 198 g/mol. The fourth-order valence-corrected chi connectivity index (χ4v) is 1.53. The highest BCUT2D eigenvalue weighted by molar-refractivity contribution is 7.89. The smallest absolute Gasteiger partial charge is 0.238 e. The van der Waals surface area contributed by atoms with Gasteiger partial charge in [0.15, 0.2) is 0 Å². The van der Waals surface area contributed by atoms with Crippen molar-refractivity contribution in [3.05, 3.63) is 18.2 Å².